The maximum Gasteiger partial charge on any atom is 0.546 e. The monoisotopic (exact) mass is 356 g/mol. The molecular weight excluding hydrogens is 331 g/mol. The number of hydrogen-bond donors (Lipinski definition) is 2. The zero-order valence-electron chi connectivity index (χ0n) is 14.1. The molecule has 0 bridgehead atoms. The van der Waals surface area contributed by atoms with Crippen molar-refractivity contribution in [2.24, 2.45) is 0 Å². The lowest BCUT2D eigenvalue weighted by atomic mass is 9.95. The van der Waals surface area contributed by atoms with E-state index in [1.54, 1.807) is 37.3 Å². The third kappa shape index (κ3) is 5.91. The molecular formula is C16H25N2O5P. The largest absolute Gasteiger partial charge is 0.546 e. The summed E-state index contributed by atoms with van der Waals surface area (Å²) in [7, 11) is -2.63. The molecule has 1 fully saturated rings. The molecule has 0 saturated heterocycles. The van der Waals surface area contributed by atoms with E-state index in [9.17, 15) is 9.36 Å². The lowest BCUT2D eigenvalue weighted by molar-refractivity contribution is -0.125. The van der Waals surface area contributed by atoms with Crippen LogP contribution in [-0.4, -0.2) is 25.1 Å². The molecule has 1 saturated carbocycles. The average Bonchev–Trinajstić information content (AvgIpc) is 2.61. The molecule has 0 aliphatic heterocycles. The second-order valence-corrected chi connectivity index (χ2v) is 7.43. The van der Waals surface area contributed by atoms with E-state index in [-0.39, 0.29) is 11.9 Å². The van der Waals surface area contributed by atoms with Gasteiger partial charge < -0.3 is 9.84 Å². The van der Waals surface area contributed by atoms with Gasteiger partial charge >= 0.3 is 7.82 Å². The van der Waals surface area contributed by atoms with Crippen LogP contribution in [-0.2, 0) is 18.5 Å². The predicted molar refractivity (Wildman–Crippen MR) is 90.4 cm³/mol. The van der Waals surface area contributed by atoms with Crippen molar-refractivity contribution in [1.82, 2.24) is 10.8 Å². The van der Waals surface area contributed by atoms with Gasteiger partial charge in [0.05, 0.1) is 0 Å². The summed E-state index contributed by atoms with van der Waals surface area (Å²) in [5.41, 5.74) is 2.46. The summed E-state index contributed by atoms with van der Waals surface area (Å²) in [5, 5.41) is 2.97. The summed E-state index contributed by atoms with van der Waals surface area (Å²) in [6.45, 7) is 1.63. The van der Waals surface area contributed by atoms with Crippen LogP contribution in [0.3, 0.4) is 0 Å². The first kappa shape index (κ1) is 18.9. The van der Waals surface area contributed by atoms with Crippen LogP contribution in [0.1, 0.15) is 39.0 Å². The van der Waals surface area contributed by atoms with Gasteiger partial charge in [-0.05, 0) is 31.9 Å². The first-order chi connectivity index (χ1) is 11.5. The zero-order chi connectivity index (χ0) is 17.4. The molecule has 1 aromatic carbocycles. The van der Waals surface area contributed by atoms with Gasteiger partial charge in [-0.2, -0.15) is 10.1 Å². The van der Waals surface area contributed by atoms with Crippen LogP contribution < -0.4 is 15.3 Å². The molecule has 0 radical (unpaired) electrons. The van der Waals surface area contributed by atoms with Gasteiger partial charge in [-0.25, -0.2) is 4.57 Å². The summed E-state index contributed by atoms with van der Waals surface area (Å²) < 4.78 is 27.5. The molecule has 1 aliphatic carbocycles. The highest BCUT2D eigenvalue weighted by Crippen LogP contribution is 2.47. The quantitative estimate of drug-likeness (QED) is 0.550. The van der Waals surface area contributed by atoms with Gasteiger partial charge in [-0.1, -0.05) is 37.5 Å². The summed E-state index contributed by atoms with van der Waals surface area (Å²) in [6, 6.07) is 8.07. The van der Waals surface area contributed by atoms with Gasteiger partial charge in [-0.15, -0.1) is 0 Å². The van der Waals surface area contributed by atoms with Gasteiger partial charge in [0.15, 0.2) is 0 Å². The molecule has 0 heterocycles. The Balaban J connectivity index is 1.82. The molecule has 2 N–H and O–H groups in total. The van der Waals surface area contributed by atoms with Crippen LogP contribution in [0.4, 0.5) is 0 Å². The molecule has 1 amide bonds. The molecule has 7 nitrogen and oxygen atoms in total. The molecule has 2 rings (SSSR count). The van der Waals surface area contributed by atoms with Crippen LogP contribution in [0.2, 0.25) is 0 Å². The van der Waals surface area contributed by atoms with E-state index < -0.39 is 13.9 Å². The minimum absolute atomic E-state index is 0.199. The number of carbonyl (C=O) groups is 1. The standard InChI is InChI=1S/C16H25N2O5P/c1-13(16(19)17-14-9-5-3-6-10-14)18-23-24(20,21-2)22-15-11-7-4-8-12-15/h4,7-8,11-14,18H,3,5-6,9-10H2,1-2H3,(H,17,19)/t13-,24?/m0/s1. The highest BCUT2D eigenvalue weighted by molar-refractivity contribution is 7.48. The normalized spacial score (nSPS) is 19.2. The van der Waals surface area contributed by atoms with Crippen molar-refractivity contribution in [1.29, 1.82) is 0 Å². The van der Waals surface area contributed by atoms with Crippen molar-refractivity contribution in [3.05, 3.63) is 30.3 Å². The molecule has 1 aliphatic rings. The summed E-state index contributed by atoms with van der Waals surface area (Å²) in [5.74, 6) is 0.146. The van der Waals surface area contributed by atoms with Crippen molar-refractivity contribution in [3.8, 4) is 5.75 Å². The number of amides is 1. The fourth-order valence-electron chi connectivity index (χ4n) is 2.47. The van der Waals surface area contributed by atoms with E-state index >= 15 is 0 Å². The number of benzene rings is 1. The van der Waals surface area contributed by atoms with Crippen LogP contribution in [0, 0.1) is 0 Å². The van der Waals surface area contributed by atoms with E-state index in [0.717, 1.165) is 25.7 Å². The van der Waals surface area contributed by atoms with E-state index in [2.05, 4.69) is 10.8 Å². The fourth-order valence-corrected chi connectivity index (χ4v) is 3.33. The highest BCUT2D eigenvalue weighted by Gasteiger charge is 2.30. The Kier molecular flexibility index (Phi) is 7.24. The molecule has 134 valence electrons. The first-order valence-corrected chi connectivity index (χ1v) is 9.63. The second-order valence-electron chi connectivity index (χ2n) is 5.81. The number of hydroxylamine groups is 1. The number of nitrogens with one attached hydrogen (secondary N) is 2. The van der Waals surface area contributed by atoms with Crippen LogP contribution in [0.5, 0.6) is 5.75 Å². The van der Waals surface area contributed by atoms with Crippen molar-refractivity contribution in [2.45, 2.75) is 51.1 Å². The van der Waals surface area contributed by atoms with Crippen LogP contribution in [0.15, 0.2) is 30.3 Å². The predicted octanol–water partition coefficient (Wildman–Crippen LogP) is 3.18. The average molecular weight is 356 g/mol. The molecule has 1 unspecified atom stereocenters. The molecule has 2 atom stereocenters. The van der Waals surface area contributed by atoms with Gasteiger partial charge in [0, 0.05) is 13.2 Å². The van der Waals surface area contributed by atoms with Crippen molar-refractivity contribution in [3.63, 3.8) is 0 Å². The van der Waals surface area contributed by atoms with Gasteiger partial charge in [0.2, 0.25) is 5.91 Å². The molecule has 1 aromatic rings. The molecule has 0 spiro atoms. The van der Waals surface area contributed by atoms with E-state index in [0.29, 0.717) is 5.75 Å². The number of hydrogen-bond acceptors (Lipinski definition) is 6. The second kappa shape index (κ2) is 9.18. The van der Waals surface area contributed by atoms with Gasteiger partial charge in [0.1, 0.15) is 11.8 Å². The van der Waals surface area contributed by atoms with E-state index in [1.807, 2.05) is 0 Å². The Labute approximate surface area is 142 Å². The maximum absolute atomic E-state index is 12.4. The Bertz CT molecular complexity index is 563. The van der Waals surface area contributed by atoms with Crippen molar-refractivity contribution in [2.75, 3.05) is 7.11 Å². The van der Waals surface area contributed by atoms with Gasteiger partial charge in [0.25, 0.3) is 0 Å². The topological polar surface area (TPSA) is 85.9 Å². The Hall–Kier alpha value is -1.40. The molecule has 8 heteroatoms. The highest BCUT2D eigenvalue weighted by atomic mass is 31.2. The third-order valence-electron chi connectivity index (χ3n) is 3.87. The lowest BCUT2D eigenvalue weighted by Crippen LogP contribution is -2.46. The third-order valence-corrected chi connectivity index (χ3v) is 5.08. The number of rotatable bonds is 8. The van der Waals surface area contributed by atoms with Gasteiger partial charge in [-0.3, -0.25) is 9.32 Å². The minimum atomic E-state index is -3.85. The SMILES string of the molecule is COP(=O)(ON[C@@H](C)C(=O)NC1CCCCC1)Oc1ccccc1. The summed E-state index contributed by atoms with van der Waals surface area (Å²) in [4.78, 5) is 12.1. The molecule has 0 aromatic heterocycles. The first-order valence-electron chi connectivity index (χ1n) is 8.17. The lowest BCUT2D eigenvalue weighted by Gasteiger charge is -2.25. The Morgan fingerprint density at radius 2 is 1.88 bits per heavy atom. The van der Waals surface area contributed by atoms with Crippen LogP contribution in [0.25, 0.3) is 0 Å². The van der Waals surface area contributed by atoms with Crippen LogP contribution >= 0.6 is 7.82 Å². The van der Waals surface area contributed by atoms with Crippen molar-refractivity contribution < 1.29 is 23.0 Å². The number of phosphoric acid groups is 1. The summed E-state index contributed by atoms with van der Waals surface area (Å²) >= 11 is 0. The van der Waals surface area contributed by atoms with E-state index in [4.69, 9.17) is 13.7 Å². The smallest absolute Gasteiger partial charge is 0.403 e. The zero-order valence-corrected chi connectivity index (χ0v) is 15.0. The number of phosphoric ester groups is 1. The Morgan fingerprint density at radius 3 is 2.50 bits per heavy atom. The van der Waals surface area contributed by atoms with Crippen molar-refractivity contribution >= 4 is 13.7 Å². The minimum Gasteiger partial charge on any atom is -0.403 e. The van der Waals surface area contributed by atoms with E-state index in [1.165, 1.54) is 13.5 Å². The number of para-hydroxylation sites is 1. The number of carbonyl (C=O) groups excluding carboxylic acids is 1. The maximum atomic E-state index is 12.4. The summed E-state index contributed by atoms with van der Waals surface area (Å²) in [6.07, 6.45) is 5.47. The Morgan fingerprint density at radius 1 is 1.21 bits per heavy atom. The fraction of sp³-hybridized carbons (Fsp3) is 0.562. The molecule has 24 heavy (non-hydrogen) atoms.